The molecular formula is C21H29N3O3S. The van der Waals surface area contributed by atoms with Crippen molar-refractivity contribution >= 4 is 33.4 Å². The number of rotatable bonds is 7. The number of fused-ring (bicyclic) bond motifs is 1. The van der Waals surface area contributed by atoms with Crippen molar-refractivity contribution in [2.24, 2.45) is 5.92 Å². The standard InChI is InChI=1S/C21H29N3O3S/c1-4-14(2)19(21(26)27-3)23-18(25)13-24-11-7-8-15(12-24)20-22-16-9-5-6-10-17(16)28-20/h5-6,9-10,14-15,19H,4,7-8,11-13H2,1-3H3,(H,23,25)/t14-,15+,19+/m1/s1. The van der Waals surface area contributed by atoms with E-state index in [1.165, 1.54) is 11.8 Å². The number of hydrogen-bond donors (Lipinski definition) is 1. The van der Waals surface area contributed by atoms with Gasteiger partial charge in [0.1, 0.15) is 6.04 Å². The summed E-state index contributed by atoms with van der Waals surface area (Å²) >= 11 is 1.75. The molecule has 0 aliphatic carbocycles. The van der Waals surface area contributed by atoms with Gasteiger partial charge in [-0.15, -0.1) is 11.3 Å². The molecular weight excluding hydrogens is 374 g/mol. The van der Waals surface area contributed by atoms with Crippen molar-refractivity contribution in [3.8, 4) is 0 Å². The molecule has 152 valence electrons. The first kappa shape index (κ1) is 20.7. The van der Waals surface area contributed by atoms with Crippen LogP contribution in [-0.2, 0) is 14.3 Å². The Kier molecular flexibility index (Phi) is 7.02. The van der Waals surface area contributed by atoms with Gasteiger partial charge in [-0.05, 0) is 37.4 Å². The maximum Gasteiger partial charge on any atom is 0.328 e. The number of ether oxygens (including phenoxy) is 1. The molecule has 6 nitrogen and oxygen atoms in total. The quantitative estimate of drug-likeness (QED) is 0.719. The van der Waals surface area contributed by atoms with Gasteiger partial charge in [-0.2, -0.15) is 0 Å². The molecule has 0 bridgehead atoms. The Morgan fingerprint density at radius 2 is 2.18 bits per heavy atom. The van der Waals surface area contributed by atoms with Gasteiger partial charge in [0.15, 0.2) is 0 Å². The molecule has 1 amide bonds. The van der Waals surface area contributed by atoms with Crippen molar-refractivity contribution in [2.75, 3.05) is 26.7 Å². The molecule has 0 spiro atoms. The van der Waals surface area contributed by atoms with Gasteiger partial charge in [0.05, 0.1) is 28.9 Å². The van der Waals surface area contributed by atoms with E-state index in [0.29, 0.717) is 12.5 Å². The monoisotopic (exact) mass is 403 g/mol. The van der Waals surface area contributed by atoms with E-state index in [0.717, 1.165) is 42.9 Å². The summed E-state index contributed by atoms with van der Waals surface area (Å²) in [5.74, 6) is -0.118. The summed E-state index contributed by atoms with van der Waals surface area (Å²) in [7, 11) is 1.36. The van der Waals surface area contributed by atoms with Crippen LogP contribution in [0.4, 0.5) is 0 Å². The Hall–Kier alpha value is -1.99. The number of carbonyl (C=O) groups is 2. The molecule has 3 rings (SSSR count). The zero-order chi connectivity index (χ0) is 20.1. The zero-order valence-corrected chi connectivity index (χ0v) is 17.6. The number of benzene rings is 1. The fourth-order valence-corrected chi connectivity index (χ4v) is 4.78. The van der Waals surface area contributed by atoms with Crippen LogP contribution in [0.25, 0.3) is 10.2 Å². The lowest BCUT2D eigenvalue weighted by atomic mass is 9.98. The maximum atomic E-state index is 12.6. The van der Waals surface area contributed by atoms with E-state index in [2.05, 4.69) is 16.3 Å². The van der Waals surface area contributed by atoms with Crippen molar-refractivity contribution in [1.82, 2.24) is 15.2 Å². The van der Waals surface area contributed by atoms with Crippen molar-refractivity contribution in [1.29, 1.82) is 0 Å². The molecule has 1 N–H and O–H groups in total. The molecule has 1 aromatic heterocycles. The zero-order valence-electron chi connectivity index (χ0n) is 16.8. The minimum absolute atomic E-state index is 0.0354. The van der Waals surface area contributed by atoms with E-state index in [-0.39, 0.29) is 17.8 Å². The lowest BCUT2D eigenvalue weighted by Gasteiger charge is -2.32. The third-order valence-corrected chi connectivity index (χ3v) is 6.72. The first-order chi connectivity index (χ1) is 13.5. The number of likely N-dealkylation sites (tertiary alicyclic amines) is 1. The van der Waals surface area contributed by atoms with E-state index in [1.54, 1.807) is 11.3 Å². The van der Waals surface area contributed by atoms with Crippen LogP contribution in [0.3, 0.4) is 0 Å². The smallest absolute Gasteiger partial charge is 0.328 e. The van der Waals surface area contributed by atoms with Crippen LogP contribution in [0.1, 0.15) is 44.0 Å². The predicted molar refractivity (Wildman–Crippen MR) is 111 cm³/mol. The van der Waals surface area contributed by atoms with E-state index in [1.807, 2.05) is 32.0 Å². The SMILES string of the molecule is CC[C@@H](C)[C@H](NC(=O)CN1CCC[C@H](c2nc3ccccc3s2)C1)C(=O)OC. The molecule has 7 heteroatoms. The molecule has 0 radical (unpaired) electrons. The Labute approximate surface area is 170 Å². The first-order valence-electron chi connectivity index (χ1n) is 9.96. The number of nitrogens with one attached hydrogen (secondary N) is 1. The summed E-state index contributed by atoms with van der Waals surface area (Å²) < 4.78 is 6.07. The van der Waals surface area contributed by atoms with Gasteiger partial charge in [-0.1, -0.05) is 32.4 Å². The Balaban J connectivity index is 1.60. The number of nitrogens with zero attached hydrogens (tertiary/aromatic N) is 2. The Bertz CT molecular complexity index is 789. The van der Waals surface area contributed by atoms with Crippen LogP contribution in [-0.4, -0.2) is 54.5 Å². The molecule has 1 aliphatic rings. The van der Waals surface area contributed by atoms with Gasteiger partial charge in [-0.25, -0.2) is 9.78 Å². The second-order valence-electron chi connectivity index (χ2n) is 7.55. The summed E-state index contributed by atoms with van der Waals surface area (Å²) in [6, 6.07) is 7.61. The number of piperidine rings is 1. The van der Waals surface area contributed by atoms with Crippen LogP contribution in [0.15, 0.2) is 24.3 Å². The van der Waals surface area contributed by atoms with Gasteiger partial charge >= 0.3 is 5.97 Å². The first-order valence-corrected chi connectivity index (χ1v) is 10.8. The van der Waals surface area contributed by atoms with Gasteiger partial charge in [0.25, 0.3) is 0 Å². The number of amides is 1. The average Bonchev–Trinajstić information content (AvgIpc) is 3.15. The van der Waals surface area contributed by atoms with Crippen LogP contribution < -0.4 is 5.32 Å². The third-order valence-electron chi connectivity index (χ3n) is 5.52. The fourth-order valence-electron chi connectivity index (χ4n) is 3.68. The number of hydrogen-bond acceptors (Lipinski definition) is 6. The second-order valence-corrected chi connectivity index (χ2v) is 8.61. The molecule has 1 aromatic carbocycles. The van der Waals surface area contributed by atoms with Gasteiger partial charge in [0, 0.05) is 12.5 Å². The van der Waals surface area contributed by atoms with E-state index in [4.69, 9.17) is 9.72 Å². The molecule has 2 heterocycles. The molecule has 28 heavy (non-hydrogen) atoms. The molecule has 0 unspecified atom stereocenters. The third kappa shape index (κ3) is 4.89. The summed E-state index contributed by atoms with van der Waals surface area (Å²) in [4.78, 5) is 31.5. The van der Waals surface area contributed by atoms with Crippen molar-refractivity contribution < 1.29 is 14.3 Å². The minimum Gasteiger partial charge on any atom is -0.467 e. The highest BCUT2D eigenvalue weighted by molar-refractivity contribution is 7.18. The summed E-state index contributed by atoms with van der Waals surface area (Å²) in [5.41, 5.74) is 1.05. The number of methoxy groups -OCH3 is 1. The minimum atomic E-state index is -0.590. The fraction of sp³-hybridized carbons (Fsp3) is 0.571. The number of aromatic nitrogens is 1. The molecule has 3 atom stereocenters. The van der Waals surface area contributed by atoms with E-state index < -0.39 is 6.04 Å². The van der Waals surface area contributed by atoms with Gasteiger partial charge in [-0.3, -0.25) is 9.69 Å². The average molecular weight is 404 g/mol. The number of esters is 1. The molecule has 1 fully saturated rings. The van der Waals surface area contributed by atoms with Crippen LogP contribution in [0.5, 0.6) is 0 Å². The number of carbonyl (C=O) groups excluding carboxylic acids is 2. The van der Waals surface area contributed by atoms with Gasteiger partial charge < -0.3 is 10.1 Å². The van der Waals surface area contributed by atoms with Crippen LogP contribution >= 0.6 is 11.3 Å². The summed E-state index contributed by atoms with van der Waals surface area (Å²) in [6.07, 6.45) is 2.93. The lowest BCUT2D eigenvalue weighted by Crippen LogP contribution is -2.50. The molecule has 1 aliphatic heterocycles. The summed E-state index contributed by atoms with van der Waals surface area (Å²) in [5, 5.41) is 4.02. The molecule has 2 aromatic rings. The van der Waals surface area contributed by atoms with Crippen molar-refractivity contribution in [2.45, 2.75) is 45.1 Å². The molecule has 1 saturated heterocycles. The molecule has 0 saturated carbocycles. The van der Waals surface area contributed by atoms with Crippen molar-refractivity contribution in [3.63, 3.8) is 0 Å². The van der Waals surface area contributed by atoms with Gasteiger partial charge in [0.2, 0.25) is 5.91 Å². The maximum absolute atomic E-state index is 12.6. The largest absolute Gasteiger partial charge is 0.467 e. The normalized spacial score (nSPS) is 19.9. The second kappa shape index (κ2) is 9.47. The highest BCUT2D eigenvalue weighted by Crippen LogP contribution is 2.32. The Morgan fingerprint density at radius 1 is 1.39 bits per heavy atom. The van der Waals surface area contributed by atoms with Crippen LogP contribution in [0, 0.1) is 5.92 Å². The lowest BCUT2D eigenvalue weighted by molar-refractivity contribution is -0.146. The van der Waals surface area contributed by atoms with Crippen molar-refractivity contribution in [3.05, 3.63) is 29.3 Å². The van der Waals surface area contributed by atoms with E-state index in [9.17, 15) is 9.59 Å². The van der Waals surface area contributed by atoms with Crippen LogP contribution in [0.2, 0.25) is 0 Å². The van der Waals surface area contributed by atoms with E-state index >= 15 is 0 Å². The topological polar surface area (TPSA) is 71.5 Å². The highest BCUT2D eigenvalue weighted by Gasteiger charge is 2.29. The summed E-state index contributed by atoms with van der Waals surface area (Å²) in [6.45, 7) is 5.96. The highest BCUT2D eigenvalue weighted by atomic mass is 32.1. The predicted octanol–water partition coefficient (Wildman–Crippen LogP) is 3.18. The number of thiazole rings is 1. The Morgan fingerprint density at radius 3 is 2.89 bits per heavy atom. The number of para-hydroxylation sites is 1.